The number of aryl methyl sites for hydroxylation is 2. The lowest BCUT2D eigenvalue weighted by Gasteiger charge is -2.34. The predicted octanol–water partition coefficient (Wildman–Crippen LogP) is 11.4. The van der Waals surface area contributed by atoms with Gasteiger partial charge >= 0.3 is 0 Å². The zero-order valence-electron chi connectivity index (χ0n) is 34.9. The van der Waals surface area contributed by atoms with Gasteiger partial charge in [0.25, 0.3) is 0 Å². The van der Waals surface area contributed by atoms with Gasteiger partial charge in [0.05, 0.1) is 23.1 Å². The van der Waals surface area contributed by atoms with Crippen LogP contribution >= 0.6 is 0 Å². The van der Waals surface area contributed by atoms with Crippen molar-refractivity contribution in [3.63, 3.8) is 0 Å². The van der Waals surface area contributed by atoms with Gasteiger partial charge in [-0.1, -0.05) is 177 Å². The maximum Gasteiger partial charge on any atom is 0.205 e. The van der Waals surface area contributed by atoms with Crippen LogP contribution in [0.2, 0.25) is 0 Å². The normalized spacial score (nSPS) is 11.6. The van der Waals surface area contributed by atoms with Crippen LogP contribution in [-0.2, 0) is 25.0 Å². The van der Waals surface area contributed by atoms with Gasteiger partial charge in [-0.05, 0) is 75.2 Å². The van der Waals surface area contributed by atoms with E-state index in [4.69, 9.17) is 25.4 Å². The molecule has 10 rings (SSSR count). The molecule has 7 aromatic carbocycles. The van der Waals surface area contributed by atoms with Crippen LogP contribution in [0.4, 0.5) is 0 Å². The first-order valence-corrected chi connectivity index (χ1v) is 21.3. The van der Waals surface area contributed by atoms with Crippen LogP contribution in [0.15, 0.2) is 195 Å². The number of aromatic nitrogens is 8. The van der Waals surface area contributed by atoms with E-state index < -0.39 is 5.54 Å². The summed E-state index contributed by atoms with van der Waals surface area (Å²) >= 11 is 0. The fourth-order valence-electron chi connectivity index (χ4n) is 8.82. The molecule has 302 valence electrons. The van der Waals surface area contributed by atoms with Crippen molar-refractivity contribution in [2.75, 3.05) is 0 Å². The van der Waals surface area contributed by atoms with Crippen molar-refractivity contribution in [1.29, 1.82) is 0 Å². The lowest BCUT2D eigenvalue weighted by atomic mass is 9.77. The van der Waals surface area contributed by atoms with Crippen LogP contribution in [0.3, 0.4) is 0 Å². The topological polar surface area (TPSA) is 79.2 Å². The lowest BCUT2D eigenvalue weighted by Crippen LogP contribution is -2.39. The number of nitrogens with zero attached hydrogens (tertiary/aromatic N) is 8. The monoisotopic (exact) mass is 806 g/mol. The minimum atomic E-state index is -0.858. The molecule has 0 saturated heterocycles. The van der Waals surface area contributed by atoms with Gasteiger partial charge in [-0.25, -0.2) is 9.97 Å². The Labute approximate surface area is 361 Å². The Kier molecular flexibility index (Phi) is 10.4. The van der Waals surface area contributed by atoms with E-state index in [1.165, 1.54) is 11.1 Å². The number of hydrogen-bond acceptors (Lipinski definition) is 5. The molecule has 8 heteroatoms. The Morgan fingerprint density at radius 3 is 1.79 bits per heavy atom. The van der Waals surface area contributed by atoms with Crippen molar-refractivity contribution in [2.24, 2.45) is 0 Å². The van der Waals surface area contributed by atoms with Gasteiger partial charge in [0.15, 0.2) is 5.54 Å². The van der Waals surface area contributed by atoms with Crippen molar-refractivity contribution in [2.45, 2.75) is 45.3 Å². The molecule has 10 aromatic rings. The molecular weight excluding hydrogens is 761 g/mol. The number of rotatable bonds is 13. The van der Waals surface area contributed by atoms with Crippen molar-refractivity contribution in [1.82, 2.24) is 39.3 Å². The van der Waals surface area contributed by atoms with E-state index in [2.05, 4.69) is 181 Å². The highest BCUT2D eigenvalue weighted by atomic mass is 15.6. The summed E-state index contributed by atoms with van der Waals surface area (Å²) in [5.41, 5.74) is 13.1. The van der Waals surface area contributed by atoms with Crippen LogP contribution in [0, 0.1) is 6.92 Å². The first-order valence-electron chi connectivity index (χ1n) is 21.3. The number of fused-ring (bicyclic) bond motifs is 1. The molecule has 0 bridgehead atoms. The minimum absolute atomic E-state index is 0.557. The van der Waals surface area contributed by atoms with E-state index >= 15 is 0 Å². The average Bonchev–Trinajstić information content (AvgIpc) is 4.09. The summed E-state index contributed by atoms with van der Waals surface area (Å²) in [6.07, 6.45) is 5.97. The van der Waals surface area contributed by atoms with E-state index in [0.29, 0.717) is 12.4 Å². The molecule has 8 nitrogen and oxygen atoms in total. The van der Waals surface area contributed by atoms with E-state index in [0.717, 1.165) is 86.4 Å². The lowest BCUT2D eigenvalue weighted by molar-refractivity contribution is 0.396. The summed E-state index contributed by atoms with van der Waals surface area (Å²) in [6, 6.07) is 63.5. The van der Waals surface area contributed by atoms with Gasteiger partial charge in [0.1, 0.15) is 5.82 Å². The highest BCUT2D eigenvalue weighted by Gasteiger charge is 2.41. The molecule has 0 aliphatic heterocycles. The molecule has 62 heavy (non-hydrogen) atoms. The van der Waals surface area contributed by atoms with Gasteiger partial charge in [-0.15, -0.1) is 15.0 Å². The SMILES string of the molecule is CCCc1nc2c(C)cc(-c3cn(Cc4ccccc4)cn3)cc2n1Cc1ccc(-c2ccccc2-c2nnn(C(c3ccccc3)(c3ccccc3)c3ccccc3)n2)cc1. The van der Waals surface area contributed by atoms with Gasteiger partial charge in [0, 0.05) is 36.8 Å². The second-order valence-corrected chi connectivity index (χ2v) is 15.9. The van der Waals surface area contributed by atoms with Gasteiger partial charge in [0.2, 0.25) is 5.82 Å². The first-order chi connectivity index (χ1) is 30.6. The molecule has 0 radical (unpaired) electrons. The van der Waals surface area contributed by atoms with E-state index in [9.17, 15) is 0 Å². The number of imidazole rings is 2. The highest BCUT2D eigenvalue weighted by molar-refractivity contribution is 5.85. The Balaban J connectivity index is 0.982. The molecule has 0 unspecified atom stereocenters. The molecule has 3 aromatic heterocycles. The molecule has 0 N–H and O–H groups in total. The van der Waals surface area contributed by atoms with Crippen LogP contribution in [0.25, 0.3) is 44.8 Å². The molecule has 0 fully saturated rings. The summed E-state index contributed by atoms with van der Waals surface area (Å²) in [5, 5.41) is 14.8. The maximum absolute atomic E-state index is 5.23. The zero-order valence-corrected chi connectivity index (χ0v) is 34.9. The smallest absolute Gasteiger partial charge is 0.205 e. The summed E-state index contributed by atoms with van der Waals surface area (Å²) < 4.78 is 4.54. The largest absolute Gasteiger partial charge is 0.332 e. The average molecular weight is 807 g/mol. The predicted molar refractivity (Wildman–Crippen MR) is 248 cm³/mol. The quantitative estimate of drug-likeness (QED) is 0.108. The third-order valence-corrected chi connectivity index (χ3v) is 11.8. The summed E-state index contributed by atoms with van der Waals surface area (Å²) in [7, 11) is 0. The van der Waals surface area contributed by atoms with Crippen LogP contribution in [0.1, 0.15) is 52.5 Å². The molecule has 0 spiro atoms. The Bertz CT molecular complexity index is 2980. The maximum atomic E-state index is 5.23. The molecule has 0 aliphatic carbocycles. The van der Waals surface area contributed by atoms with E-state index in [-0.39, 0.29) is 0 Å². The standard InChI is InChI=1S/C54H46N8/c1-3-18-51-56-52-39(2)33-43(49-37-60(38-55-49)35-40-19-8-4-9-20-40)34-50(52)61(51)36-41-29-31-42(32-30-41)47-27-16-17-28-48(47)53-57-59-62(58-53)54(44-21-10-5-11-22-44,45-23-12-6-13-24-45)46-25-14-7-15-26-46/h4-17,19-34,37-38H,3,18,35-36H2,1-2H3. The molecule has 0 atom stereocenters. The van der Waals surface area contributed by atoms with Crippen LogP contribution in [-0.4, -0.2) is 39.3 Å². The summed E-state index contributed by atoms with van der Waals surface area (Å²) in [4.78, 5) is 11.8. The minimum Gasteiger partial charge on any atom is -0.332 e. The second kappa shape index (κ2) is 16.7. The Morgan fingerprint density at radius 1 is 0.581 bits per heavy atom. The fourth-order valence-corrected chi connectivity index (χ4v) is 8.82. The van der Waals surface area contributed by atoms with Crippen LogP contribution in [0.5, 0.6) is 0 Å². The third kappa shape index (κ3) is 7.19. The highest BCUT2D eigenvalue weighted by Crippen LogP contribution is 2.40. The molecule has 0 saturated carbocycles. The second-order valence-electron chi connectivity index (χ2n) is 15.9. The molecular formula is C54H46N8. The number of hydrogen-bond donors (Lipinski definition) is 0. The van der Waals surface area contributed by atoms with Crippen molar-refractivity contribution in [3.05, 3.63) is 234 Å². The third-order valence-electron chi connectivity index (χ3n) is 11.8. The Hall–Kier alpha value is -7.71. The van der Waals surface area contributed by atoms with E-state index in [1.807, 2.05) is 36.7 Å². The Morgan fingerprint density at radius 2 is 1.16 bits per heavy atom. The fraction of sp³-hybridized carbons (Fsp3) is 0.130. The summed E-state index contributed by atoms with van der Waals surface area (Å²) in [6.45, 7) is 5.86. The van der Waals surface area contributed by atoms with Crippen molar-refractivity contribution in [3.8, 4) is 33.8 Å². The van der Waals surface area contributed by atoms with Crippen molar-refractivity contribution < 1.29 is 0 Å². The zero-order chi connectivity index (χ0) is 41.9. The van der Waals surface area contributed by atoms with E-state index in [1.54, 1.807) is 4.80 Å². The van der Waals surface area contributed by atoms with Gasteiger partial charge < -0.3 is 9.13 Å². The number of benzene rings is 7. The first kappa shape index (κ1) is 38.5. The summed E-state index contributed by atoms with van der Waals surface area (Å²) in [5.74, 6) is 1.65. The molecule has 3 heterocycles. The van der Waals surface area contributed by atoms with Gasteiger partial charge in [-0.2, -0.15) is 0 Å². The van der Waals surface area contributed by atoms with Gasteiger partial charge in [-0.3, -0.25) is 0 Å². The molecule has 0 aliphatic rings. The molecule has 0 amide bonds. The number of tetrazole rings is 1. The van der Waals surface area contributed by atoms with Crippen molar-refractivity contribution >= 4 is 11.0 Å². The van der Waals surface area contributed by atoms with Crippen LogP contribution < -0.4 is 0 Å².